The van der Waals surface area contributed by atoms with Gasteiger partial charge in [-0.2, -0.15) is 10.2 Å². The number of carboxylic acids is 1. The lowest BCUT2D eigenvalue weighted by Crippen LogP contribution is -2.33. The van der Waals surface area contributed by atoms with Crippen LogP contribution >= 0.6 is 0 Å². The Morgan fingerprint density at radius 3 is 1.80 bits per heavy atom. The molecule has 0 aromatic rings. The SMILES string of the molecule is COC(=O)C(C)(C)N=NC(C)(C)C(=O)O. The highest BCUT2D eigenvalue weighted by Gasteiger charge is 2.32. The highest BCUT2D eigenvalue weighted by Crippen LogP contribution is 2.17. The zero-order valence-electron chi connectivity index (χ0n) is 9.57. The molecule has 0 saturated carbocycles. The van der Waals surface area contributed by atoms with Gasteiger partial charge in [0, 0.05) is 0 Å². The smallest absolute Gasteiger partial charge is 0.335 e. The predicted molar refractivity (Wildman–Crippen MR) is 52.7 cm³/mol. The highest BCUT2D eigenvalue weighted by atomic mass is 16.5. The van der Waals surface area contributed by atoms with E-state index in [9.17, 15) is 9.59 Å². The molecule has 0 fully saturated rings. The lowest BCUT2D eigenvalue weighted by atomic mass is 10.1. The van der Waals surface area contributed by atoms with Crippen molar-refractivity contribution in [2.75, 3.05) is 7.11 Å². The van der Waals surface area contributed by atoms with Crippen molar-refractivity contribution in [2.45, 2.75) is 38.8 Å². The van der Waals surface area contributed by atoms with Gasteiger partial charge in [0.1, 0.15) is 0 Å². The molecule has 0 amide bonds. The standard InChI is InChI=1S/C9H16N2O4/c1-8(2,6(12)13)10-11-9(3,4)7(14)15-5/h1-5H3,(H,12,13). The molecule has 0 aliphatic carbocycles. The van der Waals surface area contributed by atoms with Crippen molar-refractivity contribution in [3.8, 4) is 0 Å². The Hall–Kier alpha value is -1.46. The van der Waals surface area contributed by atoms with Crippen molar-refractivity contribution < 1.29 is 19.4 Å². The van der Waals surface area contributed by atoms with Crippen molar-refractivity contribution in [3.63, 3.8) is 0 Å². The monoisotopic (exact) mass is 216 g/mol. The van der Waals surface area contributed by atoms with Gasteiger partial charge >= 0.3 is 11.9 Å². The van der Waals surface area contributed by atoms with E-state index in [1.54, 1.807) is 0 Å². The van der Waals surface area contributed by atoms with Crippen LogP contribution in [-0.4, -0.2) is 35.2 Å². The molecule has 15 heavy (non-hydrogen) atoms. The maximum absolute atomic E-state index is 11.2. The summed E-state index contributed by atoms with van der Waals surface area (Å²) in [6, 6.07) is 0. The molecule has 86 valence electrons. The van der Waals surface area contributed by atoms with Gasteiger partial charge in [-0.05, 0) is 27.7 Å². The molecule has 6 heteroatoms. The molecule has 0 radical (unpaired) electrons. The zero-order chi connectivity index (χ0) is 12.3. The molecule has 0 bridgehead atoms. The van der Waals surface area contributed by atoms with Crippen LogP contribution < -0.4 is 0 Å². The maximum Gasteiger partial charge on any atom is 0.335 e. The fourth-order valence-electron chi connectivity index (χ4n) is 0.583. The summed E-state index contributed by atoms with van der Waals surface area (Å²) in [5, 5.41) is 16.1. The van der Waals surface area contributed by atoms with Gasteiger partial charge < -0.3 is 9.84 Å². The second-order valence-corrected chi connectivity index (χ2v) is 4.11. The summed E-state index contributed by atoms with van der Waals surface area (Å²) < 4.78 is 4.50. The number of hydrogen-bond donors (Lipinski definition) is 1. The highest BCUT2D eigenvalue weighted by molar-refractivity contribution is 5.80. The third kappa shape index (κ3) is 3.65. The number of carbonyl (C=O) groups excluding carboxylic acids is 1. The van der Waals surface area contributed by atoms with Crippen LogP contribution in [0.1, 0.15) is 27.7 Å². The number of azo groups is 1. The molecular weight excluding hydrogens is 200 g/mol. The first-order valence-corrected chi connectivity index (χ1v) is 4.39. The van der Waals surface area contributed by atoms with Crippen LogP contribution in [-0.2, 0) is 14.3 Å². The van der Waals surface area contributed by atoms with E-state index in [2.05, 4.69) is 15.0 Å². The maximum atomic E-state index is 11.2. The number of methoxy groups -OCH3 is 1. The first-order valence-electron chi connectivity index (χ1n) is 4.39. The molecule has 6 nitrogen and oxygen atoms in total. The number of hydrogen-bond acceptors (Lipinski definition) is 5. The van der Waals surface area contributed by atoms with Crippen molar-refractivity contribution in [2.24, 2.45) is 10.2 Å². The molecule has 0 heterocycles. The van der Waals surface area contributed by atoms with Gasteiger partial charge in [-0.3, -0.25) is 0 Å². The summed E-state index contributed by atoms with van der Waals surface area (Å²) >= 11 is 0. The van der Waals surface area contributed by atoms with Gasteiger partial charge in [-0.1, -0.05) is 0 Å². The van der Waals surface area contributed by atoms with E-state index in [1.807, 2.05) is 0 Å². The predicted octanol–water partition coefficient (Wildman–Crippen LogP) is 1.25. The summed E-state index contributed by atoms with van der Waals surface area (Å²) in [5.74, 6) is -1.67. The topological polar surface area (TPSA) is 88.3 Å². The van der Waals surface area contributed by atoms with Crippen LogP contribution in [0, 0.1) is 0 Å². The molecular formula is C9H16N2O4. The van der Waals surface area contributed by atoms with Gasteiger partial charge in [0.2, 0.25) is 0 Å². The normalized spacial score (nSPS) is 12.9. The number of ether oxygens (including phenoxy) is 1. The Balaban J connectivity index is 4.80. The van der Waals surface area contributed by atoms with Gasteiger partial charge in [0.15, 0.2) is 11.1 Å². The average Bonchev–Trinajstić information content (AvgIpc) is 2.13. The summed E-state index contributed by atoms with van der Waals surface area (Å²) in [6.07, 6.45) is 0. The van der Waals surface area contributed by atoms with Crippen molar-refractivity contribution in [3.05, 3.63) is 0 Å². The molecule has 0 aliphatic rings. The molecule has 0 atom stereocenters. The van der Waals surface area contributed by atoms with Crippen LogP contribution in [0.3, 0.4) is 0 Å². The first-order chi connectivity index (χ1) is 6.63. The van der Waals surface area contributed by atoms with Crippen LogP contribution in [0.15, 0.2) is 10.2 Å². The first kappa shape index (κ1) is 13.5. The minimum atomic E-state index is -1.34. The average molecular weight is 216 g/mol. The Morgan fingerprint density at radius 2 is 1.47 bits per heavy atom. The van der Waals surface area contributed by atoms with Crippen molar-refractivity contribution >= 4 is 11.9 Å². The molecule has 0 spiro atoms. The minimum Gasteiger partial charge on any atom is -0.479 e. The fraction of sp³-hybridized carbons (Fsp3) is 0.778. The van der Waals surface area contributed by atoms with E-state index in [-0.39, 0.29) is 0 Å². The second-order valence-electron chi connectivity index (χ2n) is 4.11. The van der Waals surface area contributed by atoms with Gasteiger partial charge in [0.25, 0.3) is 0 Å². The molecule has 0 rings (SSSR count). The summed E-state index contributed by atoms with van der Waals surface area (Å²) in [4.78, 5) is 21.9. The zero-order valence-corrected chi connectivity index (χ0v) is 9.57. The second kappa shape index (κ2) is 4.37. The fourth-order valence-corrected chi connectivity index (χ4v) is 0.583. The summed E-state index contributed by atoms with van der Waals surface area (Å²) in [6.45, 7) is 5.79. The van der Waals surface area contributed by atoms with E-state index in [4.69, 9.17) is 5.11 Å². The van der Waals surface area contributed by atoms with Crippen LogP contribution in [0.25, 0.3) is 0 Å². The van der Waals surface area contributed by atoms with Crippen LogP contribution in [0.4, 0.5) is 0 Å². The Kier molecular flexibility index (Phi) is 3.95. The quantitative estimate of drug-likeness (QED) is 0.565. The summed E-state index contributed by atoms with van der Waals surface area (Å²) in [7, 11) is 1.24. The minimum absolute atomic E-state index is 0.563. The third-order valence-corrected chi connectivity index (χ3v) is 1.76. The number of aliphatic carboxylic acids is 1. The molecule has 0 saturated heterocycles. The molecule has 1 N–H and O–H groups in total. The Bertz CT molecular complexity index is 294. The van der Waals surface area contributed by atoms with Crippen molar-refractivity contribution in [1.29, 1.82) is 0 Å². The van der Waals surface area contributed by atoms with Gasteiger partial charge in [-0.15, -0.1) is 0 Å². The Labute approximate surface area is 88.3 Å². The van der Waals surface area contributed by atoms with Gasteiger partial charge in [0.05, 0.1) is 7.11 Å². The lowest BCUT2D eigenvalue weighted by molar-refractivity contribution is -0.146. The number of rotatable bonds is 4. The molecule has 0 aliphatic heterocycles. The molecule has 0 unspecified atom stereocenters. The van der Waals surface area contributed by atoms with E-state index < -0.39 is 23.0 Å². The van der Waals surface area contributed by atoms with E-state index >= 15 is 0 Å². The van der Waals surface area contributed by atoms with E-state index in [1.165, 1.54) is 34.8 Å². The number of carbonyl (C=O) groups is 2. The van der Waals surface area contributed by atoms with Crippen molar-refractivity contribution in [1.82, 2.24) is 0 Å². The largest absolute Gasteiger partial charge is 0.479 e. The van der Waals surface area contributed by atoms with Gasteiger partial charge in [-0.25, -0.2) is 9.59 Å². The third-order valence-electron chi connectivity index (χ3n) is 1.76. The molecule has 0 aromatic heterocycles. The number of nitrogens with zero attached hydrogens (tertiary/aromatic N) is 2. The lowest BCUT2D eigenvalue weighted by Gasteiger charge is -2.18. The van der Waals surface area contributed by atoms with Crippen LogP contribution in [0.2, 0.25) is 0 Å². The Morgan fingerprint density at radius 1 is 1.07 bits per heavy atom. The summed E-state index contributed by atoms with van der Waals surface area (Å²) in [5.41, 5.74) is -2.51. The number of carboxylic acid groups (broad SMARTS) is 1. The van der Waals surface area contributed by atoms with E-state index in [0.29, 0.717) is 0 Å². The van der Waals surface area contributed by atoms with E-state index in [0.717, 1.165) is 0 Å². The van der Waals surface area contributed by atoms with Crippen LogP contribution in [0.5, 0.6) is 0 Å². The molecule has 0 aromatic carbocycles. The number of esters is 1.